The van der Waals surface area contributed by atoms with E-state index in [1.807, 2.05) is 6.07 Å². The van der Waals surface area contributed by atoms with Gasteiger partial charge in [0, 0.05) is 17.8 Å². The number of aliphatic carboxylic acids is 1. The molecule has 0 saturated heterocycles. The Hall–Kier alpha value is -3.62. The number of nitrogens with zero attached hydrogens (tertiary/aromatic N) is 3. The second kappa shape index (κ2) is 7.81. The lowest BCUT2D eigenvalue weighted by Crippen LogP contribution is -2.51. The van der Waals surface area contributed by atoms with Gasteiger partial charge in [0.1, 0.15) is 17.2 Å². The van der Waals surface area contributed by atoms with Crippen molar-refractivity contribution in [2.45, 2.75) is 31.7 Å². The molecule has 5 N–H and O–H groups in total. The van der Waals surface area contributed by atoms with Crippen molar-refractivity contribution < 1.29 is 14.3 Å². The zero-order valence-electron chi connectivity index (χ0n) is 17.3. The molecule has 4 aliphatic rings. The fourth-order valence-corrected chi connectivity index (χ4v) is 5.19. The number of rotatable bonds is 5. The number of fused-ring (bicyclic) bond motifs is 3. The van der Waals surface area contributed by atoms with Crippen LogP contribution in [0.25, 0.3) is 16.8 Å². The van der Waals surface area contributed by atoms with Gasteiger partial charge < -0.3 is 16.2 Å². The van der Waals surface area contributed by atoms with Crippen LogP contribution in [0.3, 0.4) is 0 Å². The molecule has 2 aromatic rings. The summed E-state index contributed by atoms with van der Waals surface area (Å²) in [6.45, 7) is 0. The molecule has 0 radical (unpaired) electrons. The number of benzene rings is 1. The van der Waals surface area contributed by atoms with Gasteiger partial charge in [-0.15, -0.1) is 0 Å². The number of aromatic nitrogens is 2. The number of hydrogen-bond acceptors (Lipinski definition) is 7. The van der Waals surface area contributed by atoms with Gasteiger partial charge >= 0.3 is 5.97 Å². The average molecular weight is 434 g/mol. The van der Waals surface area contributed by atoms with Gasteiger partial charge in [-0.25, -0.2) is 19.4 Å². The van der Waals surface area contributed by atoms with Crippen molar-refractivity contribution >= 4 is 28.9 Å². The summed E-state index contributed by atoms with van der Waals surface area (Å²) in [5, 5.41) is 21.2. The average Bonchev–Trinajstić information content (AvgIpc) is 3.14. The molecular formula is C23H23FN6O2. The third kappa shape index (κ3) is 3.34. The van der Waals surface area contributed by atoms with E-state index in [2.05, 4.69) is 20.3 Å². The van der Waals surface area contributed by atoms with Gasteiger partial charge in [-0.1, -0.05) is 30.3 Å². The van der Waals surface area contributed by atoms with Crippen LogP contribution in [0.15, 0.2) is 41.5 Å². The first-order chi connectivity index (χ1) is 15.4. The van der Waals surface area contributed by atoms with Gasteiger partial charge in [0.05, 0.1) is 11.5 Å². The van der Waals surface area contributed by atoms with Crippen molar-refractivity contribution in [1.82, 2.24) is 9.97 Å². The minimum absolute atomic E-state index is 0.0262. The maximum Gasteiger partial charge on any atom is 0.308 e. The number of hydrogen-bond donors (Lipinski definition) is 4. The summed E-state index contributed by atoms with van der Waals surface area (Å²) in [5.74, 6) is -1.79. The van der Waals surface area contributed by atoms with Gasteiger partial charge in [0.15, 0.2) is 17.5 Å². The normalized spacial score (nSPS) is 26.6. The molecule has 1 aromatic heterocycles. The molecule has 0 spiro atoms. The van der Waals surface area contributed by atoms with Crippen LogP contribution in [-0.4, -0.2) is 38.6 Å². The van der Waals surface area contributed by atoms with Crippen molar-refractivity contribution in [3.8, 4) is 11.3 Å². The monoisotopic (exact) mass is 434 g/mol. The standard InChI is InChI=1S/C23H23FN6O2/c24-16-19(12-4-2-1-3-5-12)29-21(14-10-27-20(26)17(14)25)30-22(16)28-18-13-8-6-11(7-9-13)15(18)23(31)32/h1-5,10-11,13,15,18H,6-9H2,(H,31,32)(H3,25,26,27)(H,28,29,30)/t11?,13?,15-,18-/m0/s1. The van der Waals surface area contributed by atoms with Gasteiger partial charge in [0.25, 0.3) is 0 Å². The molecule has 164 valence electrons. The van der Waals surface area contributed by atoms with Crippen molar-refractivity contribution in [2.24, 2.45) is 28.5 Å². The molecule has 3 fully saturated rings. The van der Waals surface area contributed by atoms with Crippen LogP contribution in [-0.2, 0) is 4.79 Å². The first-order valence-corrected chi connectivity index (χ1v) is 10.7. The summed E-state index contributed by atoms with van der Waals surface area (Å²) in [6, 6.07) is 8.44. The number of nitrogens with one attached hydrogen (secondary N) is 2. The zero-order chi connectivity index (χ0) is 22.4. The molecule has 6 rings (SSSR count). The van der Waals surface area contributed by atoms with E-state index in [1.165, 1.54) is 6.20 Å². The predicted octanol–water partition coefficient (Wildman–Crippen LogP) is 3.32. The summed E-state index contributed by atoms with van der Waals surface area (Å²) in [5.41, 5.74) is 6.62. The Morgan fingerprint density at radius 2 is 1.81 bits per heavy atom. The van der Waals surface area contributed by atoms with E-state index >= 15 is 4.39 Å². The minimum Gasteiger partial charge on any atom is -0.481 e. The second-order valence-corrected chi connectivity index (χ2v) is 8.57. The highest BCUT2D eigenvalue weighted by Gasteiger charge is 2.47. The Labute approximate surface area is 184 Å². The molecule has 8 nitrogen and oxygen atoms in total. The van der Waals surface area contributed by atoms with Crippen molar-refractivity contribution in [2.75, 3.05) is 5.32 Å². The van der Waals surface area contributed by atoms with E-state index in [0.717, 1.165) is 25.7 Å². The van der Waals surface area contributed by atoms with Crippen LogP contribution in [0.2, 0.25) is 0 Å². The van der Waals surface area contributed by atoms with Crippen LogP contribution in [0.4, 0.5) is 10.2 Å². The first kappa shape index (κ1) is 20.3. The number of nitrogens with two attached hydrogens (primary N) is 1. The number of aliphatic imine (C=N–C) groups is 1. The molecule has 0 amide bonds. The maximum atomic E-state index is 15.7. The summed E-state index contributed by atoms with van der Waals surface area (Å²) in [7, 11) is 0. The Bertz CT molecular complexity index is 1150. The Kier molecular flexibility index (Phi) is 4.96. The van der Waals surface area contributed by atoms with Crippen LogP contribution < -0.4 is 11.1 Å². The highest BCUT2D eigenvalue weighted by molar-refractivity contribution is 6.57. The van der Waals surface area contributed by atoms with Crippen LogP contribution in [0.5, 0.6) is 0 Å². The smallest absolute Gasteiger partial charge is 0.308 e. The number of amidine groups is 1. The van der Waals surface area contributed by atoms with E-state index in [0.29, 0.717) is 11.1 Å². The van der Waals surface area contributed by atoms with Crippen molar-refractivity contribution in [3.05, 3.63) is 48.2 Å². The van der Waals surface area contributed by atoms with E-state index in [-0.39, 0.29) is 40.7 Å². The summed E-state index contributed by atoms with van der Waals surface area (Å²) >= 11 is 0. The number of carbonyl (C=O) groups is 1. The summed E-state index contributed by atoms with van der Waals surface area (Å²) in [6.07, 6.45) is 4.99. The highest BCUT2D eigenvalue weighted by Crippen LogP contribution is 2.46. The largest absolute Gasteiger partial charge is 0.481 e. The molecule has 3 saturated carbocycles. The molecule has 1 aromatic carbocycles. The minimum atomic E-state index is -0.865. The molecule has 1 aliphatic heterocycles. The van der Waals surface area contributed by atoms with Gasteiger partial charge in [0.2, 0.25) is 0 Å². The fourth-order valence-electron chi connectivity index (χ4n) is 5.19. The third-order valence-corrected chi connectivity index (χ3v) is 6.81. The number of anilines is 1. The Morgan fingerprint density at radius 3 is 2.44 bits per heavy atom. The third-order valence-electron chi connectivity index (χ3n) is 6.81. The predicted molar refractivity (Wildman–Crippen MR) is 119 cm³/mol. The maximum absolute atomic E-state index is 15.7. The van der Waals surface area contributed by atoms with Crippen molar-refractivity contribution in [3.63, 3.8) is 0 Å². The number of carboxylic acid groups (broad SMARTS) is 1. The van der Waals surface area contributed by atoms with E-state index in [4.69, 9.17) is 11.1 Å². The quantitative estimate of drug-likeness (QED) is 0.570. The molecule has 2 heterocycles. The van der Waals surface area contributed by atoms with Crippen molar-refractivity contribution in [1.29, 1.82) is 5.41 Å². The Balaban J connectivity index is 1.59. The lowest BCUT2D eigenvalue weighted by atomic mass is 9.61. The second-order valence-electron chi connectivity index (χ2n) is 8.57. The van der Waals surface area contributed by atoms with E-state index in [9.17, 15) is 9.90 Å². The van der Waals surface area contributed by atoms with Gasteiger partial charge in [-0.3, -0.25) is 10.2 Å². The van der Waals surface area contributed by atoms with Gasteiger partial charge in [-0.05, 0) is 37.5 Å². The topological polar surface area (TPSA) is 137 Å². The van der Waals surface area contributed by atoms with E-state index < -0.39 is 23.7 Å². The summed E-state index contributed by atoms with van der Waals surface area (Å²) < 4.78 is 15.7. The highest BCUT2D eigenvalue weighted by atomic mass is 19.1. The summed E-state index contributed by atoms with van der Waals surface area (Å²) in [4.78, 5) is 24.7. The number of halogens is 1. The molecular weight excluding hydrogens is 411 g/mol. The molecule has 32 heavy (non-hydrogen) atoms. The fraction of sp³-hybridized carbons (Fsp3) is 0.348. The van der Waals surface area contributed by atoms with Gasteiger partial charge in [-0.2, -0.15) is 0 Å². The van der Waals surface area contributed by atoms with E-state index in [1.54, 1.807) is 24.3 Å². The first-order valence-electron chi connectivity index (χ1n) is 10.7. The van der Waals surface area contributed by atoms with Crippen LogP contribution in [0.1, 0.15) is 31.5 Å². The molecule has 9 heteroatoms. The molecule has 2 atom stereocenters. The lowest BCUT2D eigenvalue weighted by Gasteiger charge is -2.47. The Morgan fingerprint density at radius 1 is 1.12 bits per heavy atom. The SMILES string of the molecule is N=C1C(c2nc(N[C@H]3C4CCC(CC4)[C@@H]3C(=O)O)c(F)c(-c3ccccc3)n2)=CN=C1N. The molecule has 0 unspecified atom stereocenters. The number of carboxylic acids is 1. The van der Waals surface area contributed by atoms with Crippen LogP contribution >= 0.6 is 0 Å². The molecule has 2 bridgehead atoms. The van der Waals surface area contributed by atoms with Crippen LogP contribution in [0, 0.1) is 29.0 Å². The zero-order valence-corrected chi connectivity index (χ0v) is 17.3. The molecule has 3 aliphatic carbocycles. The lowest BCUT2D eigenvalue weighted by molar-refractivity contribution is -0.148.